The van der Waals surface area contributed by atoms with Crippen LogP contribution in [0.2, 0.25) is 0 Å². The van der Waals surface area contributed by atoms with Gasteiger partial charge in [-0.3, -0.25) is 19.2 Å². The van der Waals surface area contributed by atoms with Crippen LogP contribution in [0, 0.1) is 0 Å². The molecule has 0 saturated carbocycles. The van der Waals surface area contributed by atoms with Gasteiger partial charge < -0.3 is 42.0 Å². The Morgan fingerprint density at radius 2 is 0.956 bits per heavy atom. The molecule has 17 heteroatoms. The van der Waals surface area contributed by atoms with Crippen molar-refractivity contribution in [2.75, 3.05) is 23.0 Å². The molecule has 0 aromatic carbocycles. The number of primary amides is 1. The molecule has 0 aliphatic carbocycles. The second kappa shape index (κ2) is 35.4. The zero-order chi connectivity index (χ0) is 51.8. The Labute approximate surface area is 414 Å². The molecule has 0 aliphatic rings. The number of nitrogens with two attached hydrogens (primary N) is 1. The van der Waals surface area contributed by atoms with E-state index >= 15 is 0 Å². The van der Waals surface area contributed by atoms with Gasteiger partial charge in [-0.2, -0.15) is 23.5 Å². The number of allylic oxidation sites excluding steroid dienone is 10. The highest BCUT2D eigenvalue weighted by Gasteiger charge is 2.28. The first kappa shape index (κ1) is 63.2. The third-order valence-electron chi connectivity index (χ3n) is 10.3. The van der Waals surface area contributed by atoms with Gasteiger partial charge in [0.1, 0.15) is 29.8 Å². The first-order valence-corrected chi connectivity index (χ1v) is 25.8. The van der Waals surface area contributed by atoms with Crippen LogP contribution in [-0.2, 0) is 33.5 Å². The fourth-order valence-corrected chi connectivity index (χ4v) is 8.11. The van der Waals surface area contributed by atoms with Crippen molar-refractivity contribution in [3.05, 3.63) is 69.9 Å². The fourth-order valence-electron chi connectivity index (χ4n) is 6.11. The number of thioether (sulfide) groups is 2. The van der Waals surface area contributed by atoms with Crippen LogP contribution in [-0.4, -0.2) is 105 Å². The molecule has 4 atom stereocenters. The van der Waals surface area contributed by atoms with Crippen LogP contribution in [0.25, 0.3) is 0 Å². The first-order valence-electron chi connectivity index (χ1n) is 23.5. The van der Waals surface area contributed by atoms with E-state index in [1.165, 1.54) is 52.7 Å². The molecule has 0 saturated heterocycles. The van der Waals surface area contributed by atoms with Crippen molar-refractivity contribution in [3.63, 3.8) is 0 Å². The minimum atomic E-state index is -1.19. The van der Waals surface area contributed by atoms with E-state index in [9.17, 15) is 43.8 Å². The van der Waals surface area contributed by atoms with Gasteiger partial charge in [-0.25, -0.2) is 14.4 Å². The lowest BCUT2D eigenvalue weighted by Gasteiger charge is -2.22. The summed E-state index contributed by atoms with van der Waals surface area (Å²) in [7, 11) is 0. The van der Waals surface area contributed by atoms with Crippen molar-refractivity contribution in [3.8, 4) is 0 Å². The van der Waals surface area contributed by atoms with E-state index in [0.29, 0.717) is 17.9 Å². The van der Waals surface area contributed by atoms with Crippen molar-refractivity contribution >= 4 is 65.2 Å². The zero-order valence-electron chi connectivity index (χ0n) is 42.6. The molecule has 15 nitrogen and oxygen atoms in total. The summed E-state index contributed by atoms with van der Waals surface area (Å²) in [5.74, 6) is -3.26. The van der Waals surface area contributed by atoms with Gasteiger partial charge in [0, 0.05) is 35.9 Å². The van der Waals surface area contributed by atoms with Gasteiger partial charge in [0.15, 0.2) is 0 Å². The van der Waals surface area contributed by atoms with Crippen LogP contribution >= 0.6 is 23.5 Å². The minimum Gasteiger partial charge on any atom is -0.480 e. The van der Waals surface area contributed by atoms with Gasteiger partial charge in [-0.05, 0) is 140 Å². The van der Waals surface area contributed by atoms with Gasteiger partial charge in [-0.1, -0.05) is 69.9 Å². The third kappa shape index (κ3) is 34.5. The lowest BCUT2D eigenvalue weighted by atomic mass is 10.0. The summed E-state index contributed by atoms with van der Waals surface area (Å²) in [6, 6.07) is -4.40. The Kier molecular flexibility index (Phi) is 32.9. The largest absolute Gasteiger partial charge is 0.480 e. The molecule has 0 bridgehead atoms. The van der Waals surface area contributed by atoms with Gasteiger partial charge in [0.05, 0.1) is 0 Å². The smallest absolute Gasteiger partial charge is 0.408 e. The highest BCUT2D eigenvalue weighted by atomic mass is 32.2. The maximum Gasteiger partial charge on any atom is 0.408 e. The molecule has 5 amide bonds. The molecular weight excluding hydrogens is 907 g/mol. The number of hydrogen-bond acceptors (Lipinski definition) is 10. The lowest BCUT2D eigenvalue weighted by molar-refractivity contribution is -0.141. The Bertz CT molecular complexity index is 1840. The zero-order valence-corrected chi connectivity index (χ0v) is 44.3. The van der Waals surface area contributed by atoms with E-state index in [1.54, 1.807) is 20.8 Å². The monoisotopic (exact) mass is 990 g/mol. The van der Waals surface area contributed by atoms with E-state index in [1.807, 2.05) is 19.9 Å². The molecule has 1 unspecified atom stereocenters. The average Bonchev–Trinajstić information content (AvgIpc) is 3.22. The molecule has 0 radical (unpaired) electrons. The number of aliphatic carboxylic acids is 2. The number of carbonyl (C=O) groups is 7. The van der Waals surface area contributed by atoms with Crippen LogP contribution in [0.15, 0.2) is 69.9 Å². The summed E-state index contributed by atoms with van der Waals surface area (Å²) in [5.41, 5.74) is 11.9. The summed E-state index contributed by atoms with van der Waals surface area (Å²) >= 11 is 2.77. The van der Waals surface area contributed by atoms with Crippen molar-refractivity contribution in [2.45, 2.75) is 183 Å². The molecule has 68 heavy (non-hydrogen) atoms. The van der Waals surface area contributed by atoms with Crippen LogP contribution in [0.4, 0.5) is 4.79 Å². The number of carboxylic acid groups (broad SMARTS) is 2. The second-order valence-electron chi connectivity index (χ2n) is 18.6. The maximum absolute atomic E-state index is 13.2. The number of nitrogens with one attached hydrogen (secondary N) is 4. The third-order valence-corrected chi connectivity index (χ3v) is 12.2. The fraction of sp³-hybridized carbons (Fsp3) is 0.627. The normalized spacial score (nSPS) is 14.5. The van der Waals surface area contributed by atoms with E-state index in [4.69, 9.17) is 10.5 Å². The average molecular weight is 990 g/mol. The molecule has 0 aromatic rings. The van der Waals surface area contributed by atoms with Gasteiger partial charge in [0.2, 0.25) is 23.6 Å². The predicted octanol–water partition coefficient (Wildman–Crippen LogP) is 8.85. The quantitative estimate of drug-likeness (QED) is 0.0236. The van der Waals surface area contributed by atoms with E-state index < -0.39 is 71.4 Å². The SMILES string of the molecule is CC(C)=CCC/C(C)=C/CC/C(C)=C/CSC[C@H](NC(=O)C(CCC(N)=O)NC(=O)CC/C(C)=C\CC/C(C)=C/CC/C(C)=C/CSC[C@H](NC(=O)[C@H](C)NC(=O)OC(C)(C)C)C(=O)O)C(=O)O. The summed E-state index contributed by atoms with van der Waals surface area (Å²) in [5, 5.41) is 29.6. The van der Waals surface area contributed by atoms with Crippen LogP contribution in [0.5, 0.6) is 0 Å². The van der Waals surface area contributed by atoms with E-state index in [-0.39, 0.29) is 30.8 Å². The molecule has 384 valence electrons. The summed E-state index contributed by atoms with van der Waals surface area (Å²) in [6.45, 7) is 21.0. The number of amides is 5. The standard InChI is InChI=1S/C51H83N5O10S2/c1-34(2)16-12-17-35(3)19-14-22-38(6)29-31-68-33-43(49(63)64)56-47(60)41(25-26-44(52)57)54-45(58)27-24-37(5)21-13-18-36(4)20-15-23-39(7)28-30-67-32-42(48(61)62)55-46(59)40(8)53-50(65)66-51(9,10)11/h16,19-21,28-29,40-43H,12-15,17-18,22-27,30-33H2,1-11H3,(H2,52,57)(H,53,65)(H,54,58)(H,55,59)(H,56,60)(H,61,62)(H,63,64)/b35-19+,36-20+,37-21-,38-29+,39-28+/t40-,41?,42-,43-/m0/s1. The van der Waals surface area contributed by atoms with Crippen LogP contribution in [0.1, 0.15) is 153 Å². The Hall–Kier alpha value is -4.77. The molecule has 0 spiro atoms. The molecular formula is C51H83N5O10S2. The first-order chi connectivity index (χ1) is 31.8. The van der Waals surface area contributed by atoms with Gasteiger partial charge in [-0.15, -0.1) is 0 Å². The van der Waals surface area contributed by atoms with Crippen LogP contribution < -0.4 is 27.0 Å². The number of carboxylic acids is 2. The minimum absolute atomic E-state index is 0.0569. The van der Waals surface area contributed by atoms with E-state index in [2.05, 4.69) is 86.3 Å². The lowest BCUT2D eigenvalue weighted by Crippen LogP contribution is -2.52. The Morgan fingerprint density at radius 3 is 1.37 bits per heavy atom. The highest BCUT2D eigenvalue weighted by molar-refractivity contribution is 7.99. The molecule has 0 rings (SSSR count). The van der Waals surface area contributed by atoms with Crippen molar-refractivity contribution in [1.82, 2.24) is 21.3 Å². The molecule has 0 aromatic heterocycles. The maximum atomic E-state index is 13.2. The van der Waals surface area contributed by atoms with Crippen LogP contribution in [0.3, 0.4) is 0 Å². The highest BCUT2D eigenvalue weighted by Crippen LogP contribution is 2.16. The van der Waals surface area contributed by atoms with Crippen molar-refractivity contribution in [1.29, 1.82) is 0 Å². The van der Waals surface area contributed by atoms with E-state index in [0.717, 1.165) is 62.5 Å². The number of ether oxygens (including phenoxy) is 1. The summed E-state index contributed by atoms with van der Waals surface area (Å²) in [4.78, 5) is 86.1. The number of carbonyl (C=O) groups excluding carboxylic acids is 5. The molecule has 0 heterocycles. The Morgan fingerprint density at radius 1 is 0.544 bits per heavy atom. The predicted molar refractivity (Wildman–Crippen MR) is 277 cm³/mol. The number of hydrogen-bond donors (Lipinski definition) is 7. The molecule has 0 fully saturated rings. The number of alkyl carbamates (subject to hydrolysis) is 1. The Balaban J connectivity index is 4.90. The molecule has 0 aliphatic heterocycles. The van der Waals surface area contributed by atoms with Gasteiger partial charge in [0.25, 0.3) is 0 Å². The second-order valence-corrected chi connectivity index (χ2v) is 20.7. The van der Waals surface area contributed by atoms with Crippen molar-refractivity contribution in [2.24, 2.45) is 5.73 Å². The topological polar surface area (TPSA) is 243 Å². The summed E-state index contributed by atoms with van der Waals surface area (Å²) < 4.78 is 5.15. The van der Waals surface area contributed by atoms with Gasteiger partial charge >= 0.3 is 18.0 Å². The number of rotatable bonds is 34. The molecule has 8 N–H and O–H groups in total. The summed E-state index contributed by atoms with van der Waals surface area (Å²) in [6.07, 6.45) is 19.7. The van der Waals surface area contributed by atoms with Crippen molar-refractivity contribution < 1.29 is 48.5 Å².